The molecule has 8 heteroatoms. The highest BCUT2D eigenvalue weighted by atomic mass is 32.2. The van der Waals surface area contributed by atoms with Crippen molar-refractivity contribution in [2.24, 2.45) is 0 Å². The van der Waals surface area contributed by atoms with E-state index in [1.165, 1.54) is 29.1 Å². The van der Waals surface area contributed by atoms with Gasteiger partial charge in [-0.2, -0.15) is 0 Å². The number of likely N-dealkylation sites (tertiary alicyclic amines) is 1. The molecule has 0 unspecified atom stereocenters. The summed E-state index contributed by atoms with van der Waals surface area (Å²) in [6.45, 7) is 11.6. The molecule has 3 aromatic rings. The molecule has 2 heterocycles. The van der Waals surface area contributed by atoms with Gasteiger partial charge in [0.15, 0.2) is 6.10 Å². The monoisotopic (exact) mass is 575 g/mol. The maximum atomic E-state index is 13.9. The van der Waals surface area contributed by atoms with E-state index >= 15 is 0 Å². The quantitative estimate of drug-likeness (QED) is 0.400. The minimum Gasteiger partial charge on any atom is -0.476 e. The summed E-state index contributed by atoms with van der Waals surface area (Å²) in [7, 11) is -3.94. The highest BCUT2D eigenvalue weighted by Gasteiger charge is 2.38. The second-order valence-electron chi connectivity index (χ2n) is 12.3. The molecule has 2 aliphatic heterocycles. The van der Waals surface area contributed by atoms with Crippen LogP contribution >= 0.6 is 0 Å². The number of nitrogens with one attached hydrogen (secondary N) is 1. The molecule has 41 heavy (non-hydrogen) atoms. The van der Waals surface area contributed by atoms with Gasteiger partial charge in [0.25, 0.3) is 15.9 Å². The minimum absolute atomic E-state index is 0.114. The second kappa shape index (κ2) is 11.9. The summed E-state index contributed by atoms with van der Waals surface area (Å²) in [6.07, 6.45) is 2.86. The molecule has 0 saturated carbocycles. The molecule has 7 nitrogen and oxygen atoms in total. The van der Waals surface area contributed by atoms with Crippen molar-refractivity contribution in [2.75, 3.05) is 23.9 Å². The second-order valence-corrected chi connectivity index (χ2v) is 14.1. The van der Waals surface area contributed by atoms with Gasteiger partial charge in [-0.05, 0) is 79.2 Å². The molecule has 1 amide bonds. The largest absolute Gasteiger partial charge is 0.476 e. The number of amides is 1. The first-order valence-electron chi connectivity index (χ1n) is 14.5. The van der Waals surface area contributed by atoms with Crippen LogP contribution in [0.2, 0.25) is 0 Å². The fraction of sp³-hybridized carbons (Fsp3) is 0.424. The molecule has 2 aliphatic rings. The van der Waals surface area contributed by atoms with Crippen molar-refractivity contribution in [3.8, 4) is 5.75 Å². The van der Waals surface area contributed by atoms with Crippen LogP contribution < -0.4 is 14.4 Å². The van der Waals surface area contributed by atoms with Gasteiger partial charge in [0, 0.05) is 13.1 Å². The number of carbonyl (C=O) groups is 1. The summed E-state index contributed by atoms with van der Waals surface area (Å²) in [4.78, 5) is 16.0. The van der Waals surface area contributed by atoms with Crippen LogP contribution in [0.1, 0.15) is 62.3 Å². The lowest BCUT2D eigenvalue weighted by Crippen LogP contribution is -2.50. The number of piperidine rings is 1. The smallest absolute Gasteiger partial charge is 0.264 e. The Kier molecular flexibility index (Phi) is 8.43. The van der Waals surface area contributed by atoms with Crippen LogP contribution in [0, 0.1) is 6.92 Å². The molecule has 1 atom stereocenters. The Balaban J connectivity index is 1.33. The Bertz CT molecular complexity index is 1470. The van der Waals surface area contributed by atoms with E-state index in [2.05, 4.69) is 43.1 Å². The molecule has 3 aromatic carbocycles. The first kappa shape index (κ1) is 29.1. The van der Waals surface area contributed by atoms with Crippen molar-refractivity contribution >= 4 is 21.6 Å². The molecule has 0 bridgehead atoms. The number of benzene rings is 3. The third kappa shape index (κ3) is 6.76. The zero-order valence-corrected chi connectivity index (χ0v) is 25.3. The lowest BCUT2D eigenvalue weighted by Gasteiger charge is -2.36. The number of carbonyl (C=O) groups excluding carboxylic acids is 1. The predicted octanol–water partition coefficient (Wildman–Crippen LogP) is 5.55. The predicted molar refractivity (Wildman–Crippen MR) is 163 cm³/mol. The minimum atomic E-state index is -3.94. The van der Waals surface area contributed by atoms with Gasteiger partial charge in [-0.1, -0.05) is 75.2 Å². The maximum absolute atomic E-state index is 13.9. The molecule has 1 saturated heterocycles. The van der Waals surface area contributed by atoms with E-state index in [0.29, 0.717) is 18.0 Å². The summed E-state index contributed by atoms with van der Waals surface area (Å²) < 4.78 is 35.2. The van der Waals surface area contributed by atoms with Crippen LogP contribution in [0.3, 0.4) is 0 Å². The molecule has 1 fully saturated rings. The lowest BCUT2D eigenvalue weighted by atomic mass is 9.86. The Morgan fingerprint density at radius 3 is 2.24 bits per heavy atom. The Hall–Kier alpha value is -3.36. The first-order valence-corrected chi connectivity index (χ1v) is 15.9. The number of fused-ring (bicyclic) bond motifs is 1. The number of anilines is 1. The Morgan fingerprint density at radius 1 is 0.927 bits per heavy atom. The number of sulfonamides is 1. The van der Waals surface area contributed by atoms with Gasteiger partial charge in [0.05, 0.1) is 17.1 Å². The lowest BCUT2D eigenvalue weighted by molar-refractivity contribution is -0.127. The first-order chi connectivity index (χ1) is 19.5. The number of aryl methyl sites for hydroxylation is 1. The SMILES string of the molecule is Cc1ccc(S(=O)(=O)N2C[C@@H](C(=O)NCc3ccc(CN4CCCCC4)cc3)Oc3ccc(C(C)(C)C)cc32)cc1. The van der Waals surface area contributed by atoms with Crippen molar-refractivity contribution in [1.29, 1.82) is 0 Å². The molecular weight excluding hydrogens is 534 g/mol. The number of hydrogen-bond donors (Lipinski definition) is 1. The van der Waals surface area contributed by atoms with Gasteiger partial charge >= 0.3 is 0 Å². The van der Waals surface area contributed by atoms with Crippen molar-refractivity contribution in [1.82, 2.24) is 10.2 Å². The van der Waals surface area contributed by atoms with Crippen LogP contribution in [0.25, 0.3) is 0 Å². The van der Waals surface area contributed by atoms with Crippen molar-refractivity contribution in [2.45, 2.75) is 76.5 Å². The van der Waals surface area contributed by atoms with E-state index in [0.717, 1.165) is 36.3 Å². The topological polar surface area (TPSA) is 79.0 Å². The van der Waals surface area contributed by atoms with Crippen LogP contribution in [0.5, 0.6) is 5.75 Å². The third-order valence-electron chi connectivity index (χ3n) is 7.94. The van der Waals surface area contributed by atoms with E-state index in [1.807, 2.05) is 31.2 Å². The zero-order chi connectivity index (χ0) is 29.2. The number of rotatable bonds is 7. The van der Waals surface area contributed by atoms with Gasteiger partial charge < -0.3 is 10.1 Å². The normalized spacial score (nSPS) is 18.0. The Labute approximate surface area is 244 Å². The highest BCUT2D eigenvalue weighted by Crippen LogP contribution is 2.40. The van der Waals surface area contributed by atoms with Crippen molar-refractivity contribution < 1.29 is 17.9 Å². The summed E-state index contributed by atoms with van der Waals surface area (Å²) >= 11 is 0. The van der Waals surface area contributed by atoms with Crippen LogP contribution in [-0.2, 0) is 33.3 Å². The Morgan fingerprint density at radius 2 is 1.59 bits per heavy atom. The summed E-state index contributed by atoms with van der Waals surface area (Å²) in [5.41, 5.74) is 4.46. The van der Waals surface area contributed by atoms with Gasteiger partial charge in [0.1, 0.15) is 5.75 Å². The summed E-state index contributed by atoms with van der Waals surface area (Å²) in [6, 6.07) is 20.7. The summed E-state index contributed by atoms with van der Waals surface area (Å²) in [5, 5.41) is 2.96. The molecule has 0 aliphatic carbocycles. The highest BCUT2D eigenvalue weighted by molar-refractivity contribution is 7.92. The number of hydrogen-bond acceptors (Lipinski definition) is 5. The fourth-order valence-corrected chi connectivity index (χ4v) is 6.83. The zero-order valence-electron chi connectivity index (χ0n) is 24.5. The van der Waals surface area contributed by atoms with Crippen LogP contribution in [0.4, 0.5) is 5.69 Å². The van der Waals surface area contributed by atoms with Crippen LogP contribution in [0.15, 0.2) is 71.6 Å². The molecule has 1 N–H and O–H groups in total. The fourth-order valence-electron chi connectivity index (χ4n) is 5.36. The van der Waals surface area contributed by atoms with Crippen molar-refractivity contribution in [3.05, 3.63) is 89.0 Å². The number of nitrogens with zero attached hydrogens (tertiary/aromatic N) is 2. The summed E-state index contributed by atoms with van der Waals surface area (Å²) in [5.74, 6) is 0.0270. The average Bonchev–Trinajstić information content (AvgIpc) is 2.96. The molecule has 5 rings (SSSR count). The van der Waals surface area contributed by atoms with Gasteiger partial charge in [-0.25, -0.2) is 8.42 Å². The molecule has 0 aromatic heterocycles. The molecular formula is C33H41N3O4S. The van der Waals surface area contributed by atoms with E-state index in [9.17, 15) is 13.2 Å². The van der Waals surface area contributed by atoms with Crippen LogP contribution in [-0.4, -0.2) is 45.0 Å². The van der Waals surface area contributed by atoms with E-state index < -0.39 is 16.1 Å². The average molecular weight is 576 g/mol. The maximum Gasteiger partial charge on any atom is 0.264 e. The third-order valence-corrected chi connectivity index (χ3v) is 9.73. The van der Waals surface area contributed by atoms with E-state index in [1.54, 1.807) is 30.3 Å². The van der Waals surface area contributed by atoms with Gasteiger partial charge in [0.2, 0.25) is 0 Å². The van der Waals surface area contributed by atoms with Gasteiger partial charge in [-0.15, -0.1) is 0 Å². The molecule has 0 radical (unpaired) electrons. The van der Waals surface area contributed by atoms with Crippen molar-refractivity contribution in [3.63, 3.8) is 0 Å². The number of ether oxygens (including phenoxy) is 1. The van der Waals surface area contributed by atoms with Gasteiger partial charge in [-0.3, -0.25) is 14.0 Å². The van der Waals surface area contributed by atoms with E-state index in [4.69, 9.17) is 4.74 Å². The standard InChI is InChI=1S/C33H41N3O4S/c1-24-8-15-28(16-9-24)41(38,39)36-23-31(40-30-17-14-27(20-29(30)36)33(2,3)4)32(37)34-21-25-10-12-26(13-11-25)22-35-18-6-5-7-19-35/h8-17,20,31H,5-7,18-19,21-23H2,1-4H3,(H,34,37)/t31-/m0/s1. The molecule has 0 spiro atoms. The van der Waals surface area contributed by atoms with E-state index in [-0.39, 0.29) is 22.8 Å². The molecule has 218 valence electrons.